The summed E-state index contributed by atoms with van der Waals surface area (Å²) in [5.41, 5.74) is 0. The molecular formula is C12H19BrN2O6. The second-order valence-corrected chi connectivity index (χ2v) is 6.81. The molecule has 0 aromatic heterocycles. The van der Waals surface area contributed by atoms with Gasteiger partial charge in [0.2, 0.25) is 5.91 Å². The summed E-state index contributed by atoms with van der Waals surface area (Å²) in [5, 5.41) is 21.2. The maximum Gasteiger partial charge on any atom is 0.328 e. The number of aliphatic hydroxyl groups excluding tert-OH is 2. The van der Waals surface area contributed by atoms with E-state index in [1.165, 1.54) is 4.90 Å². The predicted molar refractivity (Wildman–Crippen MR) is 74.5 cm³/mol. The van der Waals surface area contributed by atoms with Gasteiger partial charge in [-0.05, 0) is 13.8 Å². The maximum absolute atomic E-state index is 12.1. The molecule has 0 aromatic rings. The summed E-state index contributed by atoms with van der Waals surface area (Å²) in [7, 11) is 0. The molecule has 2 heterocycles. The number of aliphatic hydroxyl groups is 2. The monoisotopic (exact) mass is 366 g/mol. The van der Waals surface area contributed by atoms with Gasteiger partial charge in [-0.3, -0.25) is 15.0 Å². The summed E-state index contributed by atoms with van der Waals surface area (Å²) in [4.78, 5) is 25.3. The summed E-state index contributed by atoms with van der Waals surface area (Å²) in [5.74, 6) is -0.501. The van der Waals surface area contributed by atoms with Crippen molar-refractivity contribution in [2.75, 3.05) is 13.2 Å². The molecule has 2 aliphatic heterocycles. The van der Waals surface area contributed by atoms with Gasteiger partial charge in [-0.15, -0.1) is 0 Å². The van der Waals surface area contributed by atoms with Gasteiger partial charge >= 0.3 is 6.03 Å². The van der Waals surface area contributed by atoms with E-state index in [0.717, 1.165) is 0 Å². The smallest absolute Gasteiger partial charge is 0.328 e. The SMILES string of the molecule is CCO[C@H]1N([C@H]2C[C@H](O)[C@@H](CO)O2)C(=O)NC(=O)[C@]1(C)Br. The van der Waals surface area contributed by atoms with E-state index in [4.69, 9.17) is 14.6 Å². The molecule has 0 aromatic carbocycles. The number of ether oxygens (including phenoxy) is 2. The number of carbonyl (C=O) groups is 2. The van der Waals surface area contributed by atoms with Gasteiger partial charge in [-0.1, -0.05) is 15.9 Å². The number of rotatable bonds is 4. The number of imide groups is 1. The molecule has 0 unspecified atom stereocenters. The third-order valence-electron chi connectivity index (χ3n) is 3.63. The fourth-order valence-electron chi connectivity index (χ4n) is 2.49. The van der Waals surface area contributed by atoms with Gasteiger partial charge in [0.25, 0.3) is 0 Å². The first-order valence-electron chi connectivity index (χ1n) is 6.71. The summed E-state index contributed by atoms with van der Waals surface area (Å²) >= 11 is 3.29. The Hall–Kier alpha value is -0.740. The molecule has 5 atom stereocenters. The molecule has 3 amide bonds. The van der Waals surface area contributed by atoms with Crippen LogP contribution in [-0.4, -0.2) is 69.3 Å². The number of alkyl halides is 1. The van der Waals surface area contributed by atoms with Gasteiger partial charge in [-0.25, -0.2) is 4.79 Å². The minimum atomic E-state index is -1.14. The number of carbonyl (C=O) groups excluding carboxylic acids is 2. The van der Waals surface area contributed by atoms with E-state index >= 15 is 0 Å². The fourth-order valence-corrected chi connectivity index (χ4v) is 2.94. The Labute approximate surface area is 130 Å². The van der Waals surface area contributed by atoms with Crippen molar-refractivity contribution in [1.82, 2.24) is 10.2 Å². The number of urea groups is 1. The Bertz CT molecular complexity index is 432. The lowest BCUT2D eigenvalue weighted by Gasteiger charge is -2.45. The van der Waals surface area contributed by atoms with Crippen molar-refractivity contribution < 1.29 is 29.3 Å². The van der Waals surface area contributed by atoms with Gasteiger partial charge in [0.05, 0.1) is 12.7 Å². The standard InChI is InChI=1S/C12H19BrN2O6/c1-3-20-10-12(2,13)9(18)14-11(19)15(10)8-4-6(17)7(5-16)21-8/h6-8,10,16-17H,3-5H2,1-2H3,(H,14,18,19)/t6-,7+,8+,10+,12-/m0/s1. The molecule has 2 saturated heterocycles. The first-order valence-corrected chi connectivity index (χ1v) is 7.50. The number of hydrogen-bond acceptors (Lipinski definition) is 6. The van der Waals surface area contributed by atoms with Crippen LogP contribution in [0.4, 0.5) is 4.79 Å². The van der Waals surface area contributed by atoms with Crippen molar-refractivity contribution in [3.63, 3.8) is 0 Å². The van der Waals surface area contributed by atoms with Crippen molar-refractivity contribution in [3.8, 4) is 0 Å². The normalized spacial score (nSPS) is 40.5. The molecule has 0 radical (unpaired) electrons. The van der Waals surface area contributed by atoms with Crippen LogP contribution in [0.5, 0.6) is 0 Å². The molecule has 2 aliphatic rings. The van der Waals surface area contributed by atoms with Crippen LogP contribution >= 0.6 is 15.9 Å². The van der Waals surface area contributed by atoms with E-state index in [9.17, 15) is 14.7 Å². The average molecular weight is 367 g/mol. The average Bonchev–Trinajstić information content (AvgIpc) is 2.77. The second-order valence-electron chi connectivity index (χ2n) is 5.16. The van der Waals surface area contributed by atoms with E-state index in [1.54, 1.807) is 13.8 Å². The summed E-state index contributed by atoms with van der Waals surface area (Å²) in [6, 6.07) is -0.647. The zero-order chi connectivity index (χ0) is 15.8. The third kappa shape index (κ3) is 2.93. The summed E-state index contributed by atoms with van der Waals surface area (Å²) < 4.78 is 9.90. The molecule has 0 spiro atoms. The first kappa shape index (κ1) is 16.6. The Morgan fingerprint density at radius 3 is 2.76 bits per heavy atom. The summed E-state index contributed by atoms with van der Waals surface area (Å²) in [6.07, 6.45) is -3.16. The van der Waals surface area contributed by atoms with Gasteiger partial charge < -0.3 is 19.7 Å². The molecule has 0 saturated carbocycles. The van der Waals surface area contributed by atoms with Gasteiger partial charge in [-0.2, -0.15) is 0 Å². The highest BCUT2D eigenvalue weighted by Gasteiger charge is 2.54. The zero-order valence-electron chi connectivity index (χ0n) is 11.8. The van der Waals surface area contributed by atoms with Crippen molar-refractivity contribution in [3.05, 3.63) is 0 Å². The number of nitrogens with one attached hydrogen (secondary N) is 1. The van der Waals surface area contributed by atoms with Crippen LogP contribution in [0.25, 0.3) is 0 Å². The predicted octanol–water partition coefficient (Wildman–Crippen LogP) is -0.477. The molecule has 120 valence electrons. The van der Waals surface area contributed by atoms with Crippen LogP contribution in [0.1, 0.15) is 20.3 Å². The maximum atomic E-state index is 12.1. The quantitative estimate of drug-likeness (QED) is 0.580. The molecule has 9 heteroatoms. The molecule has 0 bridgehead atoms. The van der Waals surface area contributed by atoms with E-state index in [-0.39, 0.29) is 13.0 Å². The molecule has 21 heavy (non-hydrogen) atoms. The minimum absolute atomic E-state index is 0.138. The Kier molecular flexibility index (Phi) is 4.89. The number of nitrogens with zero attached hydrogens (tertiary/aromatic N) is 1. The Morgan fingerprint density at radius 2 is 2.24 bits per heavy atom. The van der Waals surface area contributed by atoms with Gasteiger partial charge in [0.15, 0.2) is 6.23 Å². The lowest BCUT2D eigenvalue weighted by molar-refractivity contribution is -0.158. The molecular weight excluding hydrogens is 348 g/mol. The second kappa shape index (κ2) is 6.17. The lowest BCUT2D eigenvalue weighted by atomic mass is 10.0. The number of halogens is 1. The highest BCUT2D eigenvalue weighted by molar-refractivity contribution is 9.10. The molecule has 0 aliphatic carbocycles. The number of hydrogen-bond donors (Lipinski definition) is 3. The van der Waals surface area contributed by atoms with Gasteiger partial charge in [0, 0.05) is 13.0 Å². The Balaban J connectivity index is 2.26. The fraction of sp³-hybridized carbons (Fsp3) is 0.833. The van der Waals surface area contributed by atoms with Crippen LogP contribution in [-0.2, 0) is 14.3 Å². The highest BCUT2D eigenvalue weighted by Crippen LogP contribution is 2.35. The number of amides is 3. The third-order valence-corrected chi connectivity index (χ3v) is 4.39. The van der Waals surface area contributed by atoms with Crippen molar-refractivity contribution in [2.45, 2.75) is 49.3 Å². The van der Waals surface area contributed by atoms with E-state index in [1.807, 2.05) is 0 Å². The zero-order valence-corrected chi connectivity index (χ0v) is 13.4. The highest BCUT2D eigenvalue weighted by atomic mass is 79.9. The van der Waals surface area contributed by atoms with Crippen LogP contribution in [0, 0.1) is 0 Å². The molecule has 8 nitrogen and oxygen atoms in total. The van der Waals surface area contributed by atoms with Crippen LogP contribution in [0.15, 0.2) is 0 Å². The first-order chi connectivity index (χ1) is 9.82. The van der Waals surface area contributed by atoms with Crippen molar-refractivity contribution in [2.24, 2.45) is 0 Å². The van der Waals surface area contributed by atoms with E-state index < -0.39 is 40.9 Å². The topological polar surface area (TPSA) is 108 Å². The largest absolute Gasteiger partial charge is 0.394 e. The molecule has 2 fully saturated rings. The van der Waals surface area contributed by atoms with E-state index in [2.05, 4.69) is 21.2 Å². The van der Waals surface area contributed by atoms with Crippen LogP contribution in [0.2, 0.25) is 0 Å². The van der Waals surface area contributed by atoms with Crippen LogP contribution in [0.3, 0.4) is 0 Å². The minimum Gasteiger partial charge on any atom is -0.394 e. The Morgan fingerprint density at radius 1 is 1.57 bits per heavy atom. The van der Waals surface area contributed by atoms with E-state index in [0.29, 0.717) is 6.61 Å². The lowest BCUT2D eigenvalue weighted by Crippen LogP contribution is -2.69. The molecule has 3 N–H and O–H groups in total. The van der Waals surface area contributed by atoms with Crippen LogP contribution < -0.4 is 5.32 Å². The molecule has 2 rings (SSSR count). The van der Waals surface area contributed by atoms with Gasteiger partial charge in [0.1, 0.15) is 16.7 Å². The van der Waals surface area contributed by atoms with Crippen molar-refractivity contribution >= 4 is 27.9 Å². The summed E-state index contributed by atoms with van der Waals surface area (Å²) in [6.45, 7) is 3.29. The van der Waals surface area contributed by atoms with Crippen molar-refractivity contribution in [1.29, 1.82) is 0 Å².